The minimum absolute atomic E-state index is 0.154. The lowest BCUT2D eigenvalue weighted by molar-refractivity contribution is -0.140. The number of esters is 1. The van der Waals surface area contributed by atoms with Gasteiger partial charge in [0.05, 0.1) is 13.5 Å². The average Bonchev–Trinajstić information content (AvgIpc) is 2.73. The van der Waals surface area contributed by atoms with Crippen LogP contribution < -0.4 is 5.32 Å². The number of hydrogen-bond donors (Lipinski definition) is 1. The molecule has 0 amide bonds. The molecule has 0 fully saturated rings. The van der Waals surface area contributed by atoms with Crippen LogP contribution in [0.25, 0.3) is 0 Å². The predicted octanol–water partition coefficient (Wildman–Crippen LogP) is 1.83. The summed E-state index contributed by atoms with van der Waals surface area (Å²) in [6.45, 7) is 0.686. The number of carbonyl (C=O) groups excluding carboxylic acids is 1. The Hall–Kier alpha value is -1.35. The predicted molar refractivity (Wildman–Crippen MR) is 62.1 cm³/mol. The highest BCUT2D eigenvalue weighted by molar-refractivity contribution is 5.69. The summed E-state index contributed by atoms with van der Waals surface area (Å²) in [4.78, 5) is 11.0. The molecule has 0 bridgehead atoms. The number of fused-ring (bicyclic) bond motifs is 1. The summed E-state index contributed by atoms with van der Waals surface area (Å²) < 4.78 is 4.61. The van der Waals surface area contributed by atoms with Crippen LogP contribution in [0.5, 0.6) is 0 Å². The van der Waals surface area contributed by atoms with Gasteiger partial charge in [-0.1, -0.05) is 24.3 Å². The van der Waals surface area contributed by atoms with Gasteiger partial charge in [0.25, 0.3) is 0 Å². The fourth-order valence-corrected chi connectivity index (χ4v) is 2.22. The number of carbonyl (C=O) groups is 1. The fraction of sp³-hybridized carbons (Fsp3) is 0.462. The normalized spacial score (nSPS) is 18.2. The van der Waals surface area contributed by atoms with Gasteiger partial charge < -0.3 is 10.1 Å². The Morgan fingerprint density at radius 1 is 1.50 bits per heavy atom. The van der Waals surface area contributed by atoms with E-state index in [1.54, 1.807) is 0 Å². The van der Waals surface area contributed by atoms with Crippen molar-refractivity contribution in [3.63, 3.8) is 0 Å². The number of ether oxygens (including phenoxy) is 1. The summed E-state index contributed by atoms with van der Waals surface area (Å²) in [5, 5.41) is 3.40. The first-order valence-electron chi connectivity index (χ1n) is 5.69. The summed E-state index contributed by atoms with van der Waals surface area (Å²) in [5.41, 5.74) is 2.81. The van der Waals surface area contributed by atoms with Gasteiger partial charge in [-0.15, -0.1) is 0 Å². The minimum Gasteiger partial charge on any atom is -0.469 e. The zero-order chi connectivity index (χ0) is 11.4. The third-order valence-corrected chi connectivity index (χ3v) is 3.08. The number of rotatable bonds is 4. The molecule has 1 unspecified atom stereocenters. The van der Waals surface area contributed by atoms with Crippen LogP contribution in [-0.2, 0) is 16.0 Å². The van der Waals surface area contributed by atoms with E-state index < -0.39 is 0 Å². The second-order valence-corrected chi connectivity index (χ2v) is 4.07. The second-order valence-electron chi connectivity index (χ2n) is 4.07. The number of methoxy groups -OCH3 is 1. The van der Waals surface area contributed by atoms with E-state index in [4.69, 9.17) is 0 Å². The lowest BCUT2D eigenvalue weighted by atomic mass is 10.1. The molecule has 1 aliphatic carbocycles. The molecule has 1 N–H and O–H groups in total. The zero-order valence-electron chi connectivity index (χ0n) is 9.53. The molecule has 0 saturated heterocycles. The van der Waals surface area contributed by atoms with E-state index in [-0.39, 0.29) is 5.97 Å². The van der Waals surface area contributed by atoms with Crippen molar-refractivity contribution in [2.24, 2.45) is 0 Å². The number of aryl methyl sites for hydroxylation is 1. The Morgan fingerprint density at radius 2 is 2.31 bits per heavy atom. The van der Waals surface area contributed by atoms with Gasteiger partial charge in [-0.25, -0.2) is 0 Å². The topological polar surface area (TPSA) is 38.3 Å². The number of benzene rings is 1. The summed E-state index contributed by atoms with van der Waals surface area (Å²) >= 11 is 0. The molecule has 3 nitrogen and oxygen atoms in total. The lowest BCUT2D eigenvalue weighted by Gasteiger charge is -2.13. The van der Waals surface area contributed by atoms with E-state index in [1.807, 2.05) is 0 Å². The average molecular weight is 219 g/mol. The summed E-state index contributed by atoms with van der Waals surface area (Å²) in [6.07, 6.45) is 2.70. The van der Waals surface area contributed by atoms with E-state index in [9.17, 15) is 4.79 Å². The molecular formula is C13H17NO2. The van der Waals surface area contributed by atoms with Gasteiger partial charge in [-0.3, -0.25) is 4.79 Å². The molecule has 2 rings (SSSR count). The van der Waals surface area contributed by atoms with Crippen molar-refractivity contribution in [1.82, 2.24) is 5.32 Å². The maximum atomic E-state index is 11.0. The van der Waals surface area contributed by atoms with Gasteiger partial charge in [0, 0.05) is 12.6 Å². The lowest BCUT2D eigenvalue weighted by Crippen LogP contribution is -2.22. The smallest absolute Gasteiger partial charge is 0.306 e. The molecule has 0 heterocycles. The van der Waals surface area contributed by atoms with Gasteiger partial charge in [0.1, 0.15) is 0 Å². The quantitative estimate of drug-likeness (QED) is 0.785. The van der Waals surface area contributed by atoms with Gasteiger partial charge in [0.2, 0.25) is 0 Å². The van der Waals surface area contributed by atoms with Crippen molar-refractivity contribution in [2.45, 2.75) is 25.3 Å². The van der Waals surface area contributed by atoms with Crippen molar-refractivity contribution in [2.75, 3.05) is 13.7 Å². The van der Waals surface area contributed by atoms with Crippen molar-refractivity contribution in [3.8, 4) is 0 Å². The number of nitrogens with one attached hydrogen (secondary N) is 1. The molecule has 1 atom stereocenters. The first kappa shape index (κ1) is 11.1. The van der Waals surface area contributed by atoms with E-state index in [0.29, 0.717) is 19.0 Å². The van der Waals surface area contributed by atoms with Gasteiger partial charge in [-0.2, -0.15) is 0 Å². The Morgan fingerprint density at radius 3 is 3.12 bits per heavy atom. The molecule has 1 aliphatic rings. The minimum atomic E-state index is -0.154. The van der Waals surface area contributed by atoms with E-state index in [2.05, 4.69) is 34.3 Å². The molecular weight excluding hydrogens is 202 g/mol. The Bertz CT molecular complexity index is 376. The first-order chi connectivity index (χ1) is 7.81. The van der Waals surface area contributed by atoms with Crippen LogP contribution in [-0.4, -0.2) is 19.6 Å². The second kappa shape index (κ2) is 5.12. The highest BCUT2D eigenvalue weighted by Crippen LogP contribution is 2.30. The first-order valence-corrected chi connectivity index (χ1v) is 5.69. The van der Waals surface area contributed by atoms with Crippen molar-refractivity contribution in [1.29, 1.82) is 0 Å². The molecule has 16 heavy (non-hydrogen) atoms. The van der Waals surface area contributed by atoms with Crippen molar-refractivity contribution >= 4 is 5.97 Å². The molecule has 86 valence electrons. The molecule has 1 aromatic rings. The number of hydrogen-bond acceptors (Lipinski definition) is 3. The van der Waals surface area contributed by atoms with Crippen LogP contribution in [0.15, 0.2) is 24.3 Å². The summed E-state index contributed by atoms with van der Waals surface area (Å²) in [6, 6.07) is 8.89. The molecule has 1 aromatic carbocycles. The van der Waals surface area contributed by atoms with Crippen molar-refractivity contribution in [3.05, 3.63) is 35.4 Å². The highest BCUT2D eigenvalue weighted by atomic mass is 16.5. The third-order valence-electron chi connectivity index (χ3n) is 3.08. The maximum Gasteiger partial charge on any atom is 0.306 e. The Kier molecular flexibility index (Phi) is 3.57. The summed E-state index contributed by atoms with van der Waals surface area (Å²) in [5.74, 6) is -0.154. The largest absolute Gasteiger partial charge is 0.469 e. The Labute approximate surface area is 95.8 Å². The SMILES string of the molecule is COC(=O)CCNC1CCc2ccccc21. The molecule has 0 aromatic heterocycles. The van der Waals surface area contributed by atoms with Gasteiger partial charge in [-0.05, 0) is 24.0 Å². The van der Waals surface area contributed by atoms with Crippen LogP contribution in [0.1, 0.15) is 30.0 Å². The van der Waals surface area contributed by atoms with Crippen molar-refractivity contribution < 1.29 is 9.53 Å². The molecule has 3 heteroatoms. The van der Waals surface area contributed by atoms with E-state index in [0.717, 1.165) is 12.8 Å². The highest BCUT2D eigenvalue weighted by Gasteiger charge is 2.20. The van der Waals surface area contributed by atoms with Crippen LogP contribution >= 0.6 is 0 Å². The summed E-state index contributed by atoms with van der Waals surface area (Å²) in [7, 11) is 1.42. The molecule has 0 saturated carbocycles. The van der Waals surface area contributed by atoms with Crippen LogP contribution in [0, 0.1) is 0 Å². The standard InChI is InChI=1S/C13H17NO2/c1-16-13(15)8-9-14-12-7-6-10-4-2-3-5-11(10)12/h2-5,12,14H,6-9H2,1H3. The molecule has 0 spiro atoms. The van der Waals surface area contributed by atoms with E-state index >= 15 is 0 Å². The van der Waals surface area contributed by atoms with Crippen LogP contribution in [0.4, 0.5) is 0 Å². The molecule has 0 radical (unpaired) electrons. The monoisotopic (exact) mass is 219 g/mol. The van der Waals surface area contributed by atoms with Gasteiger partial charge >= 0.3 is 5.97 Å². The van der Waals surface area contributed by atoms with Crippen LogP contribution in [0.2, 0.25) is 0 Å². The molecule has 0 aliphatic heterocycles. The Balaban J connectivity index is 1.86. The van der Waals surface area contributed by atoms with E-state index in [1.165, 1.54) is 18.2 Å². The van der Waals surface area contributed by atoms with Gasteiger partial charge in [0.15, 0.2) is 0 Å². The third kappa shape index (κ3) is 2.42. The fourth-order valence-electron chi connectivity index (χ4n) is 2.22. The zero-order valence-corrected chi connectivity index (χ0v) is 9.53. The maximum absolute atomic E-state index is 11.0. The van der Waals surface area contributed by atoms with Crippen LogP contribution in [0.3, 0.4) is 0 Å².